The Kier molecular flexibility index (Phi) is 5.71. The van der Waals surface area contributed by atoms with E-state index in [1.165, 1.54) is 32.1 Å². The van der Waals surface area contributed by atoms with Crippen LogP contribution in [0.1, 0.15) is 56.0 Å². The Bertz CT molecular complexity index is 862. The zero-order valence-electron chi connectivity index (χ0n) is 16.8. The number of nitrogens with zero attached hydrogens (tertiary/aromatic N) is 3. The summed E-state index contributed by atoms with van der Waals surface area (Å²) in [7, 11) is 0. The van der Waals surface area contributed by atoms with E-state index in [0.29, 0.717) is 24.7 Å². The maximum atomic E-state index is 10.3. The van der Waals surface area contributed by atoms with Gasteiger partial charge in [0.15, 0.2) is 5.96 Å². The highest BCUT2D eigenvalue weighted by Gasteiger charge is 2.39. The van der Waals surface area contributed by atoms with Crippen molar-refractivity contribution >= 4 is 5.96 Å². The number of nitrogens with two attached hydrogens (primary N) is 1. The fraction of sp³-hybridized carbons (Fsp3) is 0.571. The fourth-order valence-corrected chi connectivity index (χ4v) is 4.33. The molecule has 1 aliphatic heterocycles. The number of hydrogen-bond acceptors (Lipinski definition) is 6. The molecule has 2 atom stereocenters. The number of guanidine groups is 1. The van der Waals surface area contributed by atoms with Crippen molar-refractivity contribution in [2.45, 2.75) is 57.6 Å². The molecule has 156 valence electrons. The third kappa shape index (κ3) is 4.22. The molecule has 8 nitrogen and oxygen atoms in total. The van der Waals surface area contributed by atoms with Crippen LogP contribution in [0.4, 0.5) is 0 Å². The Hall–Kier alpha value is -2.61. The van der Waals surface area contributed by atoms with E-state index >= 15 is 0 Å². The minimum absolute atomic E-state index is 0.110. The topological polar surface area (TPSA) is 121 Å². The second-order valence-corrected chi connectivity index (χ2v) is 8.13. The number of aliphatic hydroxyl groups is 1. The van der Waals surface area contributed by atoms with Crippen LogP contribution in [0, 0.1) is 18.3 Å². The third-order valence-corrected chi connectivity index (χ3v) is 6.00. The molecule has 1 saturated carbocycles. The summed E-state index contributed by atoms with van der Waals surface area (Å²) in [5, 5.41) is 22.0. The lowest BCUT2D eigenvalue weighted by molar-refractivity contribution is 0.118. The van der Waals surface area contributed by atoms with Crippen LogP contribution in [0.5, 0.6) is 5.75 Å². The van der Waals surface area contributed by atoms with E-state index in [1.807, 2.05) is 25.1 Å². The number of aryl methyl sites for hydroxylation is 1. The average molecular weight is 399 g/mol. The number of aromatic nitrogens is 2. The summed E-state index contributed by atoms with van der Waals surface area (Å²) in [6.45, 7) is 3.27. The SMILES string of the molecule is Cc1cc(-c2noc([C@@H]3[C@@H](O)CCN3C(=N)N)n2)ccc1OCC1CCCCC1. The Balaban J connectivity index is 1.46. The number of nitrogens with one attached hydrogen (secondary N) is 1. The summed E-state index contributed by atoms with van der Waals surface area (Å²) < 4.78 is 11.5. The molecule has 4 rings (SSSR count). The molecule has 2 heterocycles. The van der Waals surface area contributed by atoms with Gasteiger partial charge in [-0.15, -0.1) is 0 Å². The Morgan fingerprint density at radius 1 is 1.31 bits per heavy atom. The van der Waals surface area contributed by atoms with Crippen LogP contribution in [-0.4, -0.2) is 45.4 Å². The van der Waals surface area contributed by atoms with Crippen molar-refractivity contribution in [3.8, 4) is 17.1 Å². The Labute approximate surface area is 170 Å². The monoisotopic (exact) mass is 399 g/mol. The molecule has 2 fully saturated rings. The fourth-order valence-electron chi connectivity index (χ4n) is 4.33. The van der Waals surface area contributed by atoms with Crippen LogP contribution in [0.3, 0.4) is 0 Å². The summed E-state index contributed by atoms with van der Waals surface area (Å²) in [6.07, 6.45) is 6.29. The highest BCUT2D eigenvalue weighted by Crippen LogP contribution is 2.33. The lowest BCUT2D eigenvalue weighted by Crippen LogP contribution is -2.37. The third-order valence-electron chi connectivity index (χ3n) is 6.00. The largest absolute Gasteiger partial charge is 0.493 e. The van der Waals surface area contributed by atoms with Crippen LogP contribution in [-0.2, 0) is 0 Å². The van der Waals surface area contributed by atoms with Gasteiger partial charge in [-0.2, -0.15) is 4.98 Å². The second-order valence-electron chi connectivity index (χ2n) is 8.13. The van der Waals surface area contributed by atoms with E-state index in [9.17, 15) is 5.11 Å². The van der Waals surface area contributed by atoms with Gasteiger partial charge in [0, 0.05) is 12.1 Å². The number of likely N-dealkylation sites (tertiary alicyclic amines) is 1. The lowest BCUT2D eigenvalue weighted by Gasteiger charge is -2.22. The lowest BCUT2D eigenvalue weighted by atomic mass is 9.90. The molecule has 8 heteroatoms. The van der Waals surface area contributed by atoms with E-state index in [-0.39, 0.29) is 11.9 Å². The van der Waals surface area contributed by atoms with Gasteiger partial charge in [-0.25, -0.2) is 0 Å². The molecule has 1 aromatic heterocycles. The molecule has 2 aromatic rings. The van der Waals surface area contributed by atoms with Crippen molar-refractivity contribution in [2.75, 3.05) is 13.2 Å². The minimum atomic E-state index is -0.690. The van der Waals surface area contributed by atoms with E-state index in [2.05, 4.69) is 10.1 Å². The molecule has 2 aliphatic rings. The van der Waals surface area contributed by atoms with Crippen LogP contribution >= 0.6 is 0 Å². The Morgan fingerprint density at radius 2 is 2.10 bits per heavy atom. The van der Waals surface area contributed by atoms with Crippen LogP contribution < -0.4 is 10.5 Å². The molecule has 1 aromatic carbocycles. The predicted octanol–water partition coefficient (Wildman–Crippen LogP) is 3.01. The zero-order chi connectivity index (χ0) is 20.4. The zero-order valence-corrected chi connectivity index (χ0v) is 16.8. The van der Waals surface area contributed by atoms with Crippen molar-refractivity contribution < 1.29 is 14.4 Å². The van der Waals surface area contributed by atoms with Crippen LogP contribution in [0.25, 0.3) is 11.4 Å². The van der Waals surface area contributed by atoms with E-state index in [1.54, 1.807) is 4.90 Å². The standard InChI is InChI=1S/C21H29N5O3/c1-13-11-15(7-8-17(13)28-12-14-5-3-2-4-6-14)19-24-20(29-25-19)18-16(27)9-10-26(18)21(22)23/h7-8,11,14,16,18,27H,2-6,9-10,12H2,1H3,(H3,22,23)/t16-,18-/m0/s1. The molecule has 0 radical (unpaired) electrons. The van der Waals surface area contributed by atoms with Crippen molar-refractivity contribution in [3.05, 3.63) is 29.7 Å². The molecule has 0 spiro atoms. The number of rotatable bonds is 5. The molecular formula is C21H29N5O3. The molecule has 0 unspecified atom stereocenters. The number of benzene rings is 1. The molecule has 1 aliphatic carbocycles. The van der Waals surface area contributed by atoms with E-state index < -0.39 is 12.1 Å². The van der Waals surface area contributed by atoms with Gasteiger partial charge in [0.1, 0.15) is 11.8 Å². The molecule has 0 bridgehead atoms. The van der Waals surface area contributed by atoms with E-state index in [4.69, 9.17) is 20.4 Å². The Morgan fingerprint density at radius 3 is 2.83 bits per heavy atom. The molecule has 4 N–H and O–H groups in total. The summed E-state index contributed by atoms with van der Waals surface area (Å²) in [5.41, 5.74) is 7.47. The van der Waals surface area contributed by atoms with Crippen molar-refractivity contribution in [2.24, 2.45) is 11.7 Å². The summed E-state index contributed by atoms with van der Waals surface area (Å²) in [6, 6.07) is 5.29. The van der Waals surface area contributed by atoms with Gasteiger partial charge in [0.2, 0.25) is 5.82 Å². The number of hydrogen-bond donors (Lipinski definition) is 3. The summed E-state index contributed by atoms with van der Waals surface area (Å²) >= 11 is 0. The summed E-state index contributed by atoms with van der Waals surface area (Å²) in [5.74, 6) is 2.16. The minimum Gasteiger partial charge on any atom is -0.493 e. The molecule has 1 saturated heterocycles. The average Bonchev–Trinajstić information content (AvgIpc) is 3.34. The van der Waals surface area contributed by atoms with E-state index in [0.717, 1.165) is 23.5 Å². The first kappa shape index (κ1) is 19.7. The van der Waals surface area contributed by atoms with Gasteiger partial charge in [-0.05, 0) is 55.9 Å². The first-order valence-corrected chi connectivity index (χ1v) is 10.4. The summed E-state index contributed by atoms with van der Waals surface area (Å²) in [4.78, 5) is 6.04. The smallest absolute Gasteiger partial charge is 0.252 e. The van der Waals surface area contributed by atoms with Crippen molar-refractivity contribution in [3.63, 3.8) is 0 Å². The maximum Gasteiger partial charge on any atom is 0.252 e. The van der Waals surface area contributed by atoms with Gasteiger partial charge in [-0.3, -0.25) is 5.41 Å². The second kappa shape index (κ2) is 8.41. The van der Waals surface area contributed by atoms with Gasteiger partial charge in [0.05, 0.1) is 12.7 Å². The first-order valence-electron chi connectivity index (χ1n) is 10.4. The highest BCUT2D eigenvalue weighted by molar-refractivity contribution is 5.75. The number of aliphatic hydroxyl groups excluding tert-OH is 1. The van der Waals surface area contributed by atoms with Crippen molar-refractivity contribution in [1.82, 2.24) is 15.0 Å². The van der Waals surface area contributed by atoms with Crippen LogP contribution in [0.2, 0.25) is 0 Å². The van der Waals surface area contributed by atoms with Crippen molar-refractivity contribution in [1.29, 1.82) is 5.41 Å². The molecular weight excluding hydrogens is 370 g/mol. The van der Waals surface area contributed by atoms with Gasteiger partial charge >= 0.3 is 0 Å². The normalized spacial score (nSPS) is 22.8. The van der Waals surface area contributed by atoms with Crippen LogP contribution in [0.15, 0.2) is 22.7 Å². The highest BCUT2D eigenvalue weighted by atomic mass is 16.5. The molecule has 0 amide bonds. The maximum absolute atomic E-state index is 10.3. The quantitative estimate of drug-likeness (QED) is 0.522. The van der Waals surface area contributed by atoms with Gasteiger partial charge < -0.3 is 25.0 Å². The number of ether oxygens (including phenoxy) is 1. The first-order chi connectivity index (χ1) is 14.0. The molecule has 29 heavy (non-hydrogen) atoms. The predicted molar refractivity (Wildman–Crippen MR) is 109 cm³/mol. The van der Waals surface area contributed by atoms with Gasteiger partial charge in [-0.1, -0.05) is 24.4 Å². The van der Waals surface area contributed by atoms with Gasteiger partial charge in [0.25, 0.3) is 5.89 Å².